The molecule has 1 aromatic carbocycles. The van der Waals surface area contributed by atoms with E-state index in [1.165, 1.54) is 19.3 Å². The Kier molecular flexibility index (Phi) is 2.96. The zero-order chi connectivity index (χ0) is 12.4. The van der Waals surface area contributed by atoms with E-state index >= 15 is 0 Å². The lowest BCUT2D eigenvalue weighted by molar-refractivity contribution is 0.333. The van der Waals surface area contributed by atoms with Gasteiger partial charge < -0.3 is 5.32 Å². The average Bonchev–Trinajstić information content (AvgIpc) is 2.82. The van der Waals surface area contributed by atoms with Crippen molar-refractivity contribution in [3.63, 3.8) is 0 Å². The molecule has 0 saturated heterocycles. The van der Waals surface area contributed by atoms with Crippen LogP contribution in [-0.4, -0.2) is 26.8 Å². The number of anilines is 1. The molecule has 1 aliphatic rings. The lowest BCUT2D eigenvalue weighted by Crippen LogP contribution is -2.20. The minimum Gasteiger partial charge on any atom is -0.385 e. The highest BCUT2D eigenvalue weighted by Crippen LogP contribution is 2.27. The van der Waals surface area contributed by atoms with Gasteiger partial charge in [-0.2, -0.15) is 0 Å². The molecule has 5 nitrogen and oxygen atoms in total. The molecule has 1 aromatic heterocycles. The van der Waals surface area contributed by atoms with E-state index in [9.17, 15) is 0 Å². The van der Waals surface area contributed by atoms with Crippen LogP contribution in [0.3, 0.4) is 0 Å². The summed E-state index contributed by atoms with van der Waals surface area (Å²) in [6.45, 7) is 3.13. The molecular formula is C13H17N5. The summed E-state index contributed by atoms with van der Waals surface area (Å²) in [4.78, 5) is 0. The summed E-state index contributed by atoms with van der Waals surface area (Å²) < 4.78 is 1.70. The normalized spacial score (nSPS) is 15.4. The molecule has 3 rings (SSSR count). The van der Waals surface area contributed by atoms with Crippen molar-refractivity contribution in [3.8, 4) is 5.69 Å². The number of nitrogens with one attached hydrogen (secondary N) is 1. The van der Waals surface area contributed by atoms with Crippen LogP contribution in [0, 0.1) is 12.8 Å². The maximum Gasteiger partial charge on any atom is 0.143 e. The zero-order valence-electron chi connectivity index (χ0n) is 10.5. The minimum absolute atomic E-state index is 0.850. The number of tetrazole rings is 1. The van der Waals surface area contributed by atoms with E-state index in [2.05, 4.69) is 46.0 Å². The minimum atomic E-state index is 0.850. The number of nitrogens with zero attached hydrogens (tertiary/aromatic N) is 4. The molecule has 0 amide bonds. The SMILES string of the molecule is Cc1ccc(NCC2CCC2)cc1-n1cnnn1. The van der Waals surface area contributed by atoms with Crippen LogP contribution in [-0.2, 0) is 0 Å². The van der Waals surface area contributed by atoms with E-state index in [-0.39, 0.29) is 0 Å². The summed E-state index contributed by atoms with van der Waals surface area (Å²) in [5.74, 6) is 0.850. The van der Waals surface area contributed by atoms with Crippen molar-refractivity contribution in [1.29, 1.82) is 0 Å². The van der Waals surface area contributed by atoms with Gasteiger partial charge in [0.2, 0.25) is 0 Å². The van der Waals surface area contributed by atoms with Crippen molar-refractivity contribution in [2.75, 3.05) is 11.9 Å². The highest BCUT2D eigenvalue weighted by Gasteiger charge is 2.16. The molecule has 2 aromatic rings. The Labute approximate surface area is 106 Å². The first-order valence-electron chi connectivity index (χ1n) is 6.41. The quantitative estimate of drug-likeness (QED) is 0.894. The molecule has 0 unspecified atom stereocenters. The van der Waals surface area contributed by atoms with Crippen LogP contribution in [0.2, 0.25) is 0 Å². The van der Waals surface area contributed by atoms with Gasteiger partial charge in [0.15, 0.2) is 0 Å². The van der Waals surface area contributed by atoms with Gasteiger partial charge in [-0.25, -0.2) is 4.68 Å². The topological polar surface area (TPSA) is 55.6 Å². The Morgan fingerprint density at radius 3 is 2.94 bits per heavy atom. The van der Waals surface area contributed by atoms with Gasteiger partial charge >= 0.3 is 0 Å². The first kappa shape index (κ1) is 11.2. The smallest absolute Gasteiger partial charge is 0.143 e. The third kappa shape index (κ3) is 2.20. The van der Waals surface area contributed by atoms with Gasteiger partial charge in [-0.05, 0) is 53.8 Å². The molecule has 1 N–H and O–H groups in total. The summed E-state index contributed by atoms with van der Waals surface area (Å²) in [5.41, 5.74) is 3.33. The Morgan fingerprint density at radius 2 is 2.28 bits per heavy atom. The fraction of sp³-hybridized carbons (Fsp3) is 0.462. The Balaban J connectivity index is 1.77. The zero-order valence-corrected chi connectivity index (χ0v) is 10.5. The summed E-state index contributed by atoms with van der Waals surface area (Å²) in [7, 11) is 0. The maximum atomic E-state index is 3.94. The van der Waals surface area contributed by atoms with Crippen molar-refractivity contribution in [2.24, 2.45) is 5.92 Å². The number of aromatic nitrogens is 4. The van der Waals surface area contributed by atoms with Gasteiger partial charge in [0.1, 0.15) is 6.33 Å². The van der Waals surface area contributed by atoms with E-state index in [0.29, 0.717) is 0 Å². The standard InChI is InChI=1S/C13H17N5/c1-10-5-6-12(14-8-11-3-2-4-11)7-13(10)18-9-15-16-17-18/h5-7,9,11,14H,2-4,8H2,1H3. The molecular weight excluding hydrogens is 226 g/mol. The molecule has 1 fully saturated rings. The second-order valence-corrected chi connectivity index (χ2v) is 4.93. The van der Waals surface area contributed by atoms with Gasteiger partial charge in [-0.1, -0.05) is 12.5 Å². The summed E-state index contributed by atoms with van der Waals surface area (Å²) in [5, 5.41) is 14.8. The van der Waals surface area contributed by atoms with Crippen LogP contribution in [0.25, 0.3) is 5.69 Å². The predicted octanol–water partition coefficient (Wildman–Crippen LogP) is 2.18. The van der Waals surface area contributed by atoms with Crippen molar-refractivity contribution in [1.82, 2.24) is 20.2 Å². The van der Waals surface area contributed by atoms with Crippen LogP contribution >= 0.6 is 0 Å². The van der Waals surface area contributed by atoms with Crippen LogP contribution in [0.15, 0.2) is 24.5 Å². The predicted molar refractivity (Wildman–Crippen MR) is 69.7 cm³/mol. The van der Waals surface area contributed by atoms with Crippen LogP contribution < -0.4 is 5.32 Å². The third-order valence-corrected chi connectivity index (χ3v) is 3.62. The molecule has 0 bridgehead atoms. The summed E-state index contributed by atoms with van der Waals surface area (Å²) >= 11 is 0. The fourth-order valence-corrected chi connectivity index (χ4v) is 2.20. The molecule has 1 heterocycles. The number of hydrogen-bond acceptors (Lipinski definition) is 4. The first-order chi connectivity index (χ1) is 8.83. The number of hydrogen-bond donors (Lipinski definition) is 1. The average molecular weight is 243 g/mol. The number of aryl methyl sites for hydroxylation is 1. The Hall–Kier alpha value is -1.91. The van der Waals surface area contributed by atoms with Crippen LogP contribution in [0.1, 0.15) is 24.8 Å². The monoisotopic (exact) mass is 243 g/mol. The van der Waals surface area contributed by atoms with Crippen LogP contribution in [0.4, 0.5) is 5.69 Å². The maximum absolute atomic E-state index is 3.94. The number of rotatable bonds is 4. The van der Waals surface area contributed by atoms with E-state index in [4.69, 9.17) is 0 Å². The Bertz CT molecular complexity index is 516. The molecule has 1 aliphatic carbocycles. The van der Waals surface area contributed by atoms with E-state index < -0.39 is 0 Å². The lowest BCUT2D eigenvalue weighted by Gasteiger charge is -2.26. The van der Waals surface area contributed by atoms with Gasteiger partial charge in [-0.15, -0.1) is 5.10 Å². The van der Waals surface area contributed by atoms with Gasteiger partial charge in [0, 0.05) is 12.2 Å². The van der Waals surface area contributed by atoms with Crippen molar-refractivity contribution >= 4 is 5.69 Å². The van der Waals surface area contributed by atoms with Gasteiger partial charge in [-0.3, -0.25) is 0 Å². The van der Waals surface area contributed by atoms with Crippen molar-refractivity contribution in [3.05, 3.63) is 30.1 Å². The molecule has 0 radical (unpaired) electrons. The van der Waals surface area contributed by atoms with Gasteiger partial charge in [0.05, 0.1) is 5.69 Å². The molecule has 5 heteroatoms. The molecule has 0 atom stereocenters. The second-order valence-electron chi connectivity index (χ2n) is 4.93. The molecule has 94 valence electrons. The lowest BCUT2D eigenvalue weighted by atomic mass is 9.85. The van der Waals surface area contributed by atoms with E-state index in [1.54, 1.807) is 11.0 Å². The molecule has 18 heavy (non-hydrogen) atoms. The number of benzene rings is 1. The highest BCUT2D eigenvalue weighted by atomic mass is 15.5. The van der Waals surface area contributed by atoms with Crippen molar-refractivity contribution < 1.29 is 0 Å². The molecule has 0 spiro atoms. The van der Waals surface area contributed by atoms with Crippen LogP contribution in [0.5, 0.6) is 0 Å². The second kappa shape index (κ2) is 4.76. The first-order valence-corrected chi connectivity index (χ1v) is 6.41. The highest BCUT2D eigenvalue weighted by molar-refractivity contribution is 5.54. The molecule has 1 saturated carbocycles. The Morgan fingerprint density at radius 1 is 1.39 bits per heavy atom. The fourth-order valence-electron chi connectivity index (χ4n) is 2.20. The van der Waals surface area contributed by atoms with E-state index in [1.807, 2.05) is 0 Å². The summed E-state index contributed by atoms with van der Waals surface area (Å²) in [6.07, 6.45) is 5.73. The molecule has 0 aliphatic heterocycles. The van der Waals surface area contributed by atoms with Crippen molar-refractivity contribution in [2.45, 2.75) is 26.2 Å². The van der Waals surface area contributed by atoms with E-state index in [0.717, 1.165) is 29.4 Å². The van der Waals surface area contributed by atoms with Gasteiger partial charge in [0.25, 0.3) is 0 Å². The summed E-state index contributed by atoms with van der Waals surface area (Å²) in [6, 6.07) is 6.31. The third-order valence-electron chi connectivity index (χ3n) is 3.62. The largest absolute Gasteiger partial charge is 0.385 e.